The van der Waals surface area contributed by atoms with Crippen LogP contribution in [0.15, 0.2) is 0 Å². The van der Waals surface area contributed by atoms with Gasteiger partial charge < -0.3 is 29.3 Å². The lowest BCUT2D eigenvalue weighted by atomic mass is 9.76. The van der Waals surface area contributed by atoms with Crippen molar-refractivity contribution in [3.05, 3.63) is 0 Å². The monoisotopic (exact) mass is 873 g/mol. The van der Waals surface area contributed by atoms with Gasteiger partial charge in [-0.1, -0.05) is 20.8 Å². The van der Waals surface area contributed by atoms with E-state index in [1.54, 1.807) is 7.11 Å². The first-order valence-electron chi connectivity index (χ1n) is 23.2. The standard InChI is InChI=1S/C49H92N8O5/c1-25-61-48(18,19)36(58)30-56-43(8,9)26-34(27-44(56,10)11)54(22)39-50-38(53-42(6,7)32-41(3,4)5)51-40(52-39)55(23)35-28-45(12,13)57(46(14,15)29-35)31-37(59)49(20,21)62-33(2)47(16,17)60-24/h33-35H,25-32H2,1-24H3,(H,50,51,52,53). The zero-order valence-electron chi connectivity index (χ0n) is 44.1. The Bertz CT molecular complexity index is 1680. The van der Waals surface area contributed by atoms with Gasteiger partial charge in [0.05, 0.1) is 24.8 Å². The van der Waals surface area contributed by atoms with E-state index >= 15 is 0 Å². The van der Waals surface area contributed by atoms with Crippen LogP contribution < -0.4 is 15.1 Å². The van der Waals surface area contributed by atoms with Crippen LogP contribution in [0.3, 0.4) is 0 Å². The summed E-state index contributed by atoms with van der Waals surface area (Å²) in [5, 5.41) is 3.72. The number of nitrogens with zero attached hydrogens (tertiary/aromatic N) is 7. The molecule has 3 rings (SSSR count). The molecule has 0 radical (unpaired) electrons. The summed E-state index contributed by atoms with van der Waals surface area (Å²) in [6.07, 6.45) is 3.84. The number of methoxy groups -OCH3 is 1. The molecule has 2 saturated heterocycles. The number of carbonyl (C=O) groups is 2. The van der Waals surface area contributed by atoms with Crippen LogP contribution in [-0.2, 0) is 23.8 Å². The van der Waals surface area contributed by atoms with Crippen LogP contribution in [0.4, 0.5) is 17.8 Å². The molecule has 1 unspecified atom stereocenters. The third-order valence-corrected chi connectivity index (χ3v) is 14.1. The average Bonchev–Trinajstić information content (AvgIpc) is 3.07. The molecule has 13 heteroatoms. The molecule has 0 saturated carbocycles. The fraction of sp³-hybridized carbons (Fsp3) is 0.898. The number of hydrogen-bond acceptors (Lipinski definition) is 13. The molecule has 2 fully saturated rings. The highest BCUT2D eigenvalue weighted by atomic mass is 16.6. The van der Waals surface area contributed by atoms with Crippen molar-refractivity contribution in [1.82, 2.24) is 24.8 Å². The molecule has 1 aromatic rings. The predicted octanol–water partition coefficient (Wildman–Crippen LogP) is 8.98. The summed E-state index contributed by atoms with van der Waals surface area (Å²) in [6.45, 7) is 45.5. The van der Waals surface area contributed by atoms with Gasteiger partial charge >= 0.3 is 0 Å². The van der Waals surface area contributed by atoms with Gasteiger partial charge in [0.25, 0.3) is 0 Å². The molecule has 1 N–H and O–H groups in total. The van der Waals surface area contributed by atoms with E-state index in [4.69, 9.17) is 29.2 Å². The van der Waals surface area contributed by atoms with Crippen LogP contribution in [-0.4, -0.2) is 140 Å². The molecule has 0 bridgehead atoms. The lowest BCUT2D eigenvalue weighted by molar-refractivity contribution is -0.174. The van der Waals surface area contributed by atoms with E-state index in [2.05, 4.69) is 129 Å². The van der Waals surface area contributed by atoms with Crippen molar-refractivity contribution in [2.45, 2.75) is 240 Å². The molecule has 0 amide bonds. The van der Waals surface area contributed by atoms with Gasteiger partial charge in [-0.2, -0.15) is 15.0 Å². The molecule has 2 aliphatic heterocycles. The van der Waals surface area contributed by atoms with Crippen molar-refractivity contribution in [2.24, 2.45) is 5.41 Å². The summed E-state index contributed by atoms with van der Waals surface area (Å²) in [5.74, 6) is 1.91. The number of rotatable bonds is 19. The number of anilines is 3. The second-order valence-electron chi connectivity index (χ2n) is 24.6. The smallest absolute Gasteiger partial charge is 0.231 e. The van der Waals surface area contributed by atoms with Gasteiger partial charge in [-0.3, -0.25) is 19.4 Å². The van der Waals surface area contributed by atoms with E-state index in [0.29, 0.717) is 31.0 Å². The number of nitrogens with one attached hydrogen (secondary N) is 1. The van der Waals surface area contributed by atoms with E-state index in [1.807, 2.05) is 55.4 Å². The Balaban J connectivity index is 2.00. The molecule has 358 valence electrons. The third-order valence-electron chi connectivity index (χ3n) is 14.1. The number of piperidine rings is 2. The van der Waals surface area contributed by atoms with E-state index in [-0.39, 0.29) is 69.4 Å². The van der Waals surface area contributed by atoms with Crippen LogP contribution in [0, 0.1) is 5.41 Å². The van der Waals surface area contributed by atoms with Gasteiger partial charge in [-0.05, 0) is 162 Å². The summed E-state index contributed by atoms with van der Waals surface area (Å²) < 4.78 is 17.9. The number of Topliss-reactive ketones (excluding diaryl/α,β-unsaturated/α-hetero) is 2. The van der Waals surface area contributed by atoms with Crippen LogP contribution in [0.25, 0.3) is 0 Å². The molecule has 62 heavy (non-hydrogen) atoms. The minimum Gasteiger partial charge on any atom is -0.376 e. The SMILES string of the molecule is CCOC(C)(C)C(=O)CN1C(C)(C)CC(N(C)c2nc(NC(C)(C)CC(C)(C)C)nc(N(C)C3CC(C)(C)N(CC(=O)C(C)(C)OC(C)C(C)(C)OC)C(C)(C)C3)n2)CC1(C)C. The Morgan fingerprint density at radius 3 is 1.40 bits per heavy atom. The summed E-state index contributed by atoms with van der Waals surface area (Å²) in [7, 11) is 5.87. The second kappa shape index (κ2) is 18.4. The Morgan fingerprint density at radius 1 is 0.694 bits per heavy atom. The number of likely N-dealkylation sites (tertiary alicyclic amines) is 2. The summed E-state index contributed by atoms with van der Waals surface area (Å²) in [5.41, 5.74) is -3.86. The number of hydrogen-bond donors (Lipinski definition) is 1. The predicted molar refractivity (Wildman–Crippen MR) is 256 cm³/mol. The van der Waals surface area contributed by atoms with Crippen molar-refractivity contribution in [3.63, 3.8) is 0 Å². The Morgan fingerprint density at radius 2 is 1.06 bits per heavy atom. The first-order valence-corrected chi connectivity index (χ1v) is 23.2. The lowest BCUT2D eigenvalue weighted by Crippen LogP contribution is -2.66. The van der Waals surface area contributed by atoms with Crippen molar-refractivity contribution >= 4 is 29.4 Å². The lowest BCUT2D eigenvalue weighted by Gasteiger charge is -2.57. The summed E-state index contributed by atoms with van der Waals surface area (Å²) in [6, 6.07) is 0.173. The number of ether oxygens (including phenoxy) is 3. The van der Waals surface area contributed by atoms with Gasteiger partial charge in [0.2, 0.25) is 17.8 Å². The van der Waals surface area contributed by atoms with Crippen molar-refractivity contribution in [2.75, 3.05) is 56.0 Å². The first-order chi connectivity index (χ1) is 27.7. The van der Waals surface area contributed by atoms with Crippen LogP contribution in [0.1, 0.15) is 178 Å². The number of carbonyl (C=O) groups excluding carboxylic acids is 2. The first kappa shape index (κ1) is 53.9. The van der Waals surface area contributed by atoms with Gasteiger partial charge in [0, 0.05) is 67.6 Å². The van der Waals surface area contributed by atoms with Crippen LogP contribution in [0.5, 0.6) is 0 Å². The highest BCUT2D eigenvalue weighted by Gasteiger charge is 2.51. The second-order valence-corrected chi connectivity index (χ2v) is 24.6. The fourth-order valence-corrected chi connectivity index (χ4v) is 10.6. The van der Waals surface area contributed by atoms with Crippen molar-refractivity contribution in [3.8, 4) is 0 Å². The van der Waals surface area contributed by atoms with E-state index in [1.165, 1.54) is 0 Å². The van der Waals surface area contributed by atoms with Gasteiger partial charge in [0.1, 0.15) is 11.2 Å². The maximum Gasteiger partial charge on any atom is 0.231 e. The van der Waals surface area contributed by atoms with Gasteiger partial charge in [0.15, 0.2) is 11.6 Å². The molecule has 3 heterocycles. The minimum atomic E-state index is -0.995. The molecule has 0 spiro atoms. The van der Waals surface area contributed by atoms with Gasteiger partial charge in [-0.25, -0.2) is 0 Å². The summed E-state index contributed by atoms with van der Waals surface area (Å²) in [4.78, 5) is 52.5. The van der Waals surface area contributed by atoms with Crippen molar-refractivity contribution < 1.29 is 23.8 Å². The average molecular weight is 873 g/mol. The molecule has 13 nitrogen and oxygen atoms in total. The van der Waals surface area contributed by atoms with E-state index in [0.717, 1.165) is 32.1 Å². The molecule has 1 atom stereocenters. The van der Waals surface area contributed by atoms with E-state index in [9.17, 15) is 9.59 Å². The Labute approximate surface area is 378 Å². The zero-order chi connectivity index (χ0) is 48.0. The Kier molecular flexibility index (Phi) is 16.0. The van der Waals surface area contributed by atoms with Gasteiger partial charge in [-0.15, -0.1) is 0 Å². The fourth-order valence-electron chi connectivity index (χ4n) is 10.6. The molecular weight excluding hydrogens is 781 g/mol. The molecule has 0 aromatic carbocycles. The maximum atomic E-state index is 14.1. The number of aromatic nitrogens is 3. The van der Waals surface area contributed by atoms with E-state index < -0.39 is 16.8 Å². The molecular formula is C49H92N8O5. The molecule has 1 aromatic heterocycles. The highest BCUT2D eigenvalue weighted by molar-refractivity contribution is 5.89. The summed E-state index contributed by atoms with van der Waals surface area (Å²) >= 11 is 0. The third kappa shape index (κ3) is 13.1. The maximum absolute atomic E-state index is 14.1. The van der Waals surface area contributed by atoms with Crippen molar-refractivity contribution in [1.29, 1.82) is 0 Å². The molecule has 0 aliphatic carbocycles. The van der Waals surface area contributed by atoms with Crippen LogP contribution in [0.2, 0.25) is 0 Å². The number of ketones is 2. The van der Waals surface area contributed by atoms with Crippen LogP contribution >= 0.6 is 0 Å². The normalized spacial score (nSPS) is 21.1. The topological polar surface area (TPSA) is 125 Å². The largest absolute Gasteiger partial charge is 0.376 e. The zero-order valence-corrected chi connectivity index (χ0v) is 44.1. The molecule has 2 aliphatic rings. The quantitative estimate of drug-likeness (QED) is 0.142. The minimum absolute atomic E-state index is 0.0427. The highest BCUT2D eigenvalue weighted by Crippen LogP contribution is 2.43. The Hall–Kier alpha value is -2.45.